The highest BCUT2D eigenvalue weighted by Crippen LogP contribution is 2.53. The molecule has 324 valence electrons. The fourth-order valence-corrected chi connectivity index (χ4v) is 11.4. The lowest BCUT2D eigenvalue weighted by molar-refractivity contribution is 0.660. The van der Waals surface area contributed by atoms with Crippen LogP contribution >= 0.6 is 0 Å². The van der Waals surface area contributed by atoms with Gasteiger partial charge in [0.15, 0.2) is 0 Å². The number of aromatic nitrogens is 3. The van der Waals surface area contributed by atoms with E-state index in [0.717, 1.165) is 61.5 Å². The highest BCUT2D eigenvalue weighted by molar-refractivity contribution is 6.10. The second-order valence-corrected chi connectivity index (χ2v) is 19.0. The Balaban J connectivity index is 0.958. The summed E-state index contributed by atoms with van der Waals surface area (Å²) in [5.74, 6) is 0.625. The molecule has 0 saturated heterocycles. The van der Waals surface area contributed by atoms with E-state index in [1.807, 2.05) is 0 Å². The van der Waals surface area contributed by atoms with Crippen LogP contribution in [0.15, 0.2) is 218 Å². The van der Waals surface area contributed by atoms with E-state index in [-0.39, 0.29) is 5.41 Å². The van der Waals surface area contributed by atoms with Crippen molar-refractivity contribution in [2.45, 2.75) is 19.3 Å². The molecule has 4 nitrogen and oxygen atoms in total. The van der Waals surface area contributed by atoms with Gasteiger partial charge in [-0.3, -0.25) is 4.90 Å². The molecule has 14 rings (SSSR count). The number of rotatable bonds is 5. The molecule has 3 heterocycles. The fraction of sp³-hybridized carbons (Fsp3) is 0.0462. The van der Waals surface area contributed by atoms with E-state index in [0.29, 0.717) is 5.95 Å². The Hall–Kier alpha value is -8.86. The minimum absolute atomic E-state index is 0.155. The van der Waals surface area contributed by atoms with Crippen molar-refractivity contribution in [2.24, 2.45) is 0 Å². The van der Waals surface area contributed by atoms with Gasteiger partial charge in [0.05, 0.1) is 33.6 Å². The maximum Gasteiger partial charge on any atom is 0.235 e. The van der Waals surface area contributed by atoms with Gasteiger partial charge in [-0.15, -0.1) is 0 Å². The van der Waals surface area contributed by atoms with Crippen LogP contribution < -0.4 is 4.90 Å². The molecule has 2 aliphatic rings. The fourth-order valence-electron chi connectivity index (χ4n) is 11.4. The lowest BCUT2D eigenvalue weighted by atomic mass is 9.82. The van der Waals surface area contributed by atoms with Crippen molar-refractivity contribution >= 4 is 73.0 Å². The van der Waals surface area contributed by atoms with Gasteiger partial charge in [0.1, 0.15) is 0 Å². The lowest BCUT2D eigenvalue weighted by Gasteiger charge is -2.28. The number of fused-ring (bicyclic) bond motifs is 10. The molecule has 4 heteroatoms. The smallest absolute Gasteiger partial charge is 0.235 e. The zero-order valence-electron chi connectivity index (χ0n) is 38.2. The van der Waals surface area contributed by atoms with Crippen molar-refractivity contribution < 1.29 is 0 Å². The van der Waals surface area contributed by atoms with Crippen molar-refractivity contribution in [3.05, 3.63) is 241 Å². The molecule has 0 bridgehead atoms. The third-order valence-corrected chi connectivity index (χ3v) is 14.8. The summed E-state index contributed by atoms with van der Waals surface area (Å²) in [6, 6.07) is 79.3. The summed E-state index contributed by atoms with van der Waals surface area (Å²) in [7, 11) is 0. The van der Waals surface area contributed by atoms with Crippen LogP contribution in [0.2, 0.25) is 0 Å². The molecule has 0 radical (unpaired) electrons. The molecule has 69 heavy (non-hydrogen) atoms. The standard InChI is InChI=1S/C65H44N4/c1-65(2)56-24-11-8-20-51(56)55-40-61-47(38-57(55)65)32-31-46-37-44(45-33-35-53-52-21-10-13-26-60(52)68(62(53)39-45)48-17-4-3-5-18-48)34-36-59(46)69(61)64-66-58-25-12-9-22-54(58)63(67-64)43-29-27-42(28-30-43)50-23-14-16-41-15-6-7-19-49(41)50/h3-40H,1-2H3. The summed E-state index contributed by atoms with van der Waals surface area (Å²) in [6.45, 7) is 4.70. The normalized spacial score (nSPS) is 13.4. The number of para-hydroxylation sites is 3. The van der Waals surface area contributed by atoms with Crippen molar-refractivity contribution in [2.75, 3.05) is 4.90 Å². The van der Waals surface area contributed by atoms with E-state index in [2.05, 4.69) is 254 Å². The molecule has 1 aliphatic heterocycles. The van der Waals surface area contributed by atoms with Gasteiger partial charge in [-0.25, -0.2) is 9.97 Å². The van der Waals surface area contributed by atoms with Crippen LogP contribution in [0.1, 0.15) is 36.1 Å². The molecule has 0 atom stereocenters. The predicted octanol–water partition coefficient (Wildman–Crippen LogP) is 17.1. The minimum Gasteiger partial charge on any atom is -0.309 e. The van der Waals surface area contributed by atoms with Crippen LogP contribution in [0.3, 0.4) is 0 Å². The summed E-state index contributed by atoms with van der Waals surface area (Å²) >= 11 is 0. The highest BCUT2D eigenvalue weighted by atomic mass is 15.3. The molecule has 10 aromatic carbocycles. The van der Waals surface area contributed by atoms with Gasteiger partial charge in [0.25, 0.3) is 0 Å². The molecule has 0 amide bonds. The molecule has 0 N–H and O–H groups in total. The van der Waals surface area contributed by atoms with Crippen molar-refractivity contribution in [1.29, 1.82) is 0 Å². The average molecular weight is 881 g/mol. The van der Waals surface area contributed by atoms with Crippen molar-refractivity contribution in [1.82, 2.24) is 14.5 Å². The van der Waals surface area contributed by atoms with Gasteiger partial charge in [0.2, 0.25) is 5.95 Å². The van der Waals surface area contributed by atoms with E-state index in [4.69, 9.17) is 9.97 Å². The number of benzene rings is 10. The summed E-state index contributed by atoms with van der Waals surface area (Å²) in [4.78, 5) is 13.4. The Labute approximate surface area is 400 Å². The van der Waals surface area contributed by atoms with Crippen LogP contribution in [-0.4, -0.2) is 14.5 Å². The molecule has 1 aliphatic carbocycles. The SMILES string of the molecule is CC1(C)c2ccccc2-c2cc3c(cc21)C=Cc1cc(-c2ccc4c5ccccc5n(-c5ccccc5)c4c2)ccc1N3c1nc(-c2ccc(-c3cccc4ccccc34)cc2)c2ccccc2n1. The summed E-state index contributed by atoms with van der Waals surface area (Å²) in [5.41, 5.74) is 20.3. The van der Waals surface area contributed by atoms with Gasteiger partial charge in [-0.05, 0) is 121 Å². The van der Waals surface area contributed by atoms with Crippen LogP contribution in [-0.2, 0) is 5.41 Å². The Morgan fingerprint density at radius 3 is 1.90 bits per heavy atom. The molecule has 2 aromatic heterocycles. The largest absolute Gasteiger partial charge is 0.309 e. The Kier molecular flexibility index (Phi) is 8.59. The maximum absolute atomic E-state index is 5.61. The van der Waals surface area contributed by atoms with E-state index in [9.17, 15) is 0 Å². The maximum atomic E-state index is 5.61. The topological polar surface area (TPSA) is 34.0 Å². The monoisotopic (exact) mass is 880 g/mol. The van der Waals surface area contributed by atoms with E-state index < -0.39 is 0 Å². The van der Waals surface area contributed by atoms with Crippen molar-refractivity contribution in [3.8, 4) is 50.3 Å². The molecule has 0 saturated carbocycles. The minimum atomic E-state index is -0.155. The zero-order valence-corrected chi connectivity index (χ0v) is 38.2. The third kappa shape index (κ3) is 6.08. The first-order chi connectivity index (χ1) is 34.0. The molecule has 0 spiro atoms. The van der Waals surface area contributed by atoms with Crippen LogP contribution in [0, 0.1) is 0 Å². The Bertz CT molecular complexity index is 4100. The van der Waals surface area contributed by atoms with E-state index in [1.165, 1.54) is 66.0 Å². The first-order valence-corrected chi connectivity index (χ1v) is 23.8. The Morgan fingerprint density at radius 1 is 0.391 bits per heavy atom. The van der Waals surface area contributed by atoms with Gasteiger partial charge >= 0.3 is 0 Å². The number of hydrogen-bond acceptors (Lipinski definition) is 3. The second kappa shape index (κ2) is 15.1. The van der Waals surface area contributed by atoms with Gasteiger partial charge in [-0.2, -0.15) is 0 Å². The number of nitrogens with zero attached hydrogens (tertiary/aromatic N) is 4. The van der Waals surface area contributed by atoms with Crippen LogP contribution in [0.25, 0.3) is 106 Å². The lowest BCUT2D eigenvalue weighted by Crippen LogP contribution is -2.17. The summed E-state index contributed by atoms with van der Waals surface area (Å²) in [5, 5.41) is 5.96. The quantitative estimate of drug-likeness (QED) is 0.173. The number of hydrogen-bond donors (Lipinski definition) is 0. The molecule has 0 unspecified atom stereocenters. The molecular weight excluding hydrogens is 837 g/mol. The predicted molar refractivity (Wildman–Crippen MR) is 289 cm³/mol. The van der Waals surface area contributed by atoms with Gasteiger partial charge < -0.3 is 4.57 Å². The van der Waals surface area contributed by atoms with Crippen LogP contribution in [0.4, 0.5) is 17.3 Å². The van der Waals surface area contributed by atoms with Gasteiger partial charge in [0, 0.05) is 32.8 Å². The van der Waals surface area contributed by atoms with Crippen molar-refractivity contribution in [3.63, 3.8) is 0 Å². The summed E-state index contributed by atoms with van der Waals surface area (Å²) in [6.07, 6.45) is 4.58. The van der Waals surface area contributed by atoms with Crippen LogP contribution in [0.5, 0.6) is 0 Å². The van der Waals surface area contributed by atoms with E-state index >= 15 is 0 Å². The molecule has 0 fully saturated rings. The summed E-state index contributed by atoms with van der Waals surface area (Å²) < 4.78 is 2.39. The first-order valence-electron chi connectivity index (χ1n) is 23.8. The third-order valence-electron chi connectivity index (χ3n) is 14.8. The number of anilines is 3. The molecular formula is C65H44N4. The second-order valence-electron chi connectivity index (χ2n) is 19.0. The van der Waals surface area contributed by atoms with E-state index in [1.54, 1.807) is 0 Å². The first kappa shape index (κ1) is 39.3. The average Bonchev–Trinajstić information content (AvgIpc) is 3.78. The molecule has 12 aromatic rings. The van der Waals surface area contributed by atoms with Gasteiger partial charge in [-0.1, -0.05) is 190 Å². The Morgan fingerprint density at radius 2 is 1.03 bits per heavy atom. The zero-order chi connectivity index (χ0) is 45.8. The highest BCUT2D eigenvalue weighted by Gasteiger charge is 2.37.